The van der Waals surface area contributed by atoms with E-state index in [2.05, 4.69) is 265 Å². The molecule has 0 bridgehead atoms. The van der Waals surface area contributed by atoms with Crippen molar-refractivity contribution >= 4 is 98.4 Å². The van der Waals surface area contributed by atoms with Crippen LogP contribution in [0.3, 0.4) is 0 Å². The molecule has 0 unspecified atom stereocenters. The van der Waals surface area contributed by atoms with Gasteiger partial charge < -0.3 is 9.13 Å². The van der Waals surface area contributed by atoms with E-state index >= 15 is 0 Å². The molecule has 0 saturated heterocycles. The second kappa shape index (κ2) is 15.2. The molecule has 73 heavy (non-hydrogen) atoms. The minimum Gasteiger partial charge on any atom is -0.309 e. The normalized spacial score (nSPS) is 12.1. The predicted molar refractivity (Wildman–Crippen MR) is 299 cm³/mol. The van der Waals surface area contributed by atoms with Gasteiger partial charge in [-0.05, 0) is 72.8 Å². The molecular weight excluding hydrogens is 893 g/mol. The van der Waals surface area contributed by atoms with Crippen LogP contribution in [0.5, 0.6) is 0 Å². The Morgan fingerprint density at radius 2 is 0.644 bits per heavy atom. The molecule has 8 heteroatoms. The third kappa shape index (κ3) is 5.57. The van der Waals surface area contributed by atoms with Gasteiger partial charge in [0.05, 0.1) is 44.1 Å². The Kier molecular flexibility index (Phi) is 8.29. The molecule has 0 amide bonds. The average molecular weight is 933 g/mol. The predicted octanol–water partition coefficient (Wildman–Crippen LogP) is 15.9. The summed E-state index contributed by atoms with van der Waals surface area (Å²) in [5.41, 5.74) is 15.0. The highest BCUT2D eigenvalue weighted by molar-refractivity contribution is 6.27. The van der Waals surface area contributed by atoms with Gasteiger partial charge in [-0.3, -0.25) is 13.7 Å². The van der Waals surface area contributed by atoms with Crippen molar-refractivity contribution in [2.75, 3.05) is 0 Å². The van der Waals surface area contributed by atoms with Crippen LogP contribution < -0.4 is 0 Å². The SMILES string of the molecule is c1ccc(-c2nc(-n3c4ccccc4c4c3ccc3c5ccccc5n(-c5ccccc5)c34)nc3nc(-n4c5ccccc5c5c4ccc4c6ccccc6n(-c6ccccc6)c45)n(-c4ccccc4)c23)cc1. The highest BCUT2D eigenvalue weighted by Gasteiger charge is 2.28. The number of aromatic nitrogens is 8. The Bertz CT molecular complexity index is 4890. The number of para-hydroxylation sites is 7. The summed E-state index contributed by atoms with van der Waals surface area (Å²) in [6.45, 7) is 0. The summed E-state index contributed by atoms with van der Waals surface area (Å²) >= 11 is 0. The lowest BCUT2D eigenvalue weighted by atomic mass is 10.1. The molecule has 0 atom stereocenters. The minimum absolute atomic E-state index is 0.542. The first-order valence-corrected chi connectivity index (χ1v) is 24.7. The highest BCUT2D eigenvalue weighted by Crippen LogP contribution is 2.45. The lowest BCUT2D eigenvalue weighted by Gasteiger charge is -2.14. The summed E-state index contributed by atoms with van der Waals surface area (Å²) in [5, 5.41) is 9.34. The van der Waals surface area contributed by atoms with E-state index in [1.807, 2.05) is 0 Å². The van der Waals surface area contributed by atoms with Crippen LogP contribution in [0.1, 0.15) is 0 Å². The van der Waals surface area contributed by atoms with Crippen LogP contribution in [0.4, 0.5) is 0 Å². The molecule has 16 aromatic rings. The Hall–Kier alpha value is -10.1. The Morgan fingerprint density at radius 3 is 1.15 bits per heavy atom. The van der Waals surface area contributed by atoms with Gasteiger partial charge in [-0.1, -0.05) is 170 Å². The molecule has 0 N–H and O–H groups in total. The number of benzene rings is 10. The third-order valence-electron chi connectivity index (χ3n) is 14.9. The van der Waals surface area contributed by atoms with E-state index in [1.165, 1.54) is 21.5 Å². The number of rotatable bonds is 6. The summed E-state index contributed by atoms with van der Waals surface area (Å²) in [6.07, 6.45) is 0. The van der Waals surface area contributed by atoms with Crippen molar-refractivity contribution in [3.63, 3.8) is 0 Å². The zero-order chi connectivity index (χ0) is 47.7. The first-order valence-electron chi connectivity index (χ1n) is 24.7. The van der Waals surface area contributed by atoms with E-state index in [9.17, 15) is 0 Å². The maximum Gasteiger partial charge on any atom is 0.237 e. The van der Waals surface area contributed by atoms with Crippen molar-refractivity contribution in [1.82, 2.24) is 37.8 Å². The zero-order valence-corrected chi connectivity index (χ0v) is 39.2. The van der Waals surface area contributed by atoms with Crippen molar-refractivity contribution in [1.29, 1.82) is 0 Å². The first-order chi connectivity index (χ1) is 36.3. The topological polar surface area (TPSA) is 63.3 Å². The smallest absolute Gasteiger partial charge is 0.237 e. The van der Waals surface area contributed by atoms with Crippen molar-refractivity contribution in [3.05, 3.63) is 243 Å². The van der Waals surface area contributed by atoms with Crippen LogP contribution >= 0.6 is 0 Å². The number of hydrogen-bond acceptors (Lipinski definition) is 3. The molecule has 0 aliphatic carbocycles. The van der Waals surface area contributed by atoms with Crippen molar-refractivity contribution in [3.8, 4) is 40.2 Å². The van der Waals surface area contributed by atoms with Crippen molar-refractivity contribution in [2.24, 2.45) is 0 Å². The van der Waals surface area contributed by atoms with E-state index in [4.69, 9.17) is 15.0 Å². The van der Waals surface area contributed by atoms with E-state index in [1.54, 1.807) is 0 Å². The van der Waals surface area contributed by atoms with Gasteiger partial charge in [0.15, 0.2) is 5.65 Å². The molecule has 10 aromatic carbocycles. The summed E-state index contributed by atoms with van der Waals surface area (Å²) in [6, 6.07) is 86.3. The number of hydrogen-bond donors (Lipinski definition) is 0. The highest BCUT2D eigenvalue weighted by atomic mass is 15.3. The maximum absolute atomic E-state index is 5.74. The summed E-state index contributed by atoms with van der Waals surface area (Å²) in [5.74, 6) is 1.26. The largest absolute Gasteiger partial charge is 0.309 e. The summed E-state index contributed by atoms with van der Waals surface area (Å²) < 4.78 is 11.7. The van der Waals surface area contributed by atoms with E-state index in [0.717, 1.165) is 99.5 Å². The maximum atomic E-state index is 5.74. The Morgan fingerprint density at radius 1 is 0.247 bits per heavy atom. The Balaban J connectivity index is 1.04. The van der Waals surface area contributed by atoms with Crippen molar-refractivity contribution < 1.29 is 0 Å². The van der Waals surface area contributed by atoms with E-state index in [-0.39, 0.29) is 0 Å². The van der Waals surface area contributed by atoms with Crippen LogP contribution in [0, 0.1) is 0 Å². The fraction of sp³-hybridized carbons (Fsp3) is 0. The summed E-state index contributed by atoms with van der Waals surface area (Å²) in [7, 11) is 0. The van der Waals surface area contributed by atoms with Crippen LogP contribution in [-0.4, -0.2) is 37.8 Å². The second-order valence-corrected chi connectivity index (χ2v) is 18.8. The molecule has 0 spiro atoms. The second-order valence-electron chi connectivity index (χ2n) is 18.8. The van der Waals surface area contributed by atoms with Crippen molar-refractivity contribution in [2.45, 2.75) is 0 Å². The fourth-order valence-corrected chi connectivity index (χ4v) is 12.0. The molecule has 8 nitrogen and oxygen atoms in total. The quantitative estimate of drug-likeness (QED) is 0.167. The standard InChI is InChI=1S/C65H40N8/c1-5-21-41(22-6-1)59-62-63(67-64(66-59)72-53-35-19-15-31-49(53)57-55(72)39-37-47-45-29-13-17-33-51(45)69(60(47)57)42-23-7-2-8-24-42)68-65(71(62)44-27-11-4-12-28-44)73-54-36-20-16-32-50(54)58-56(73)40-38-48-46-30-14-18-34-52(46)70(61(48)58)43-25-9-3-10-26-43/h1-40H. The van der Waals surface area contributed by atoms with Gasteiger partial charge in [-0.15, -0.1) is 0 Å². The van der Waals surface area contributed by atoms with Gasteiger partial charge in [-0.25, -0.2) is 4.98 Å². The van der Waals surface area contributed by atoms with Gasteiger partial charge in [0.2, 0.25) is 11.9 Å². The van der Waals surface area contributed by atoms with Crippen LogP contribution in [0.2, 0.25) is 0 Å². The van der Waals surface area contributed by atoms with Gasteiger partial charge in [-0.2, -0.15) is 9.97 Å². The lowest BCUT2D eigenvalue weighted by molar-refractivity contribution is 0.955. The molecule has 0 radical (unpaired) electrons. The molecular formula is C65H40N8. The van der Waals surface area contributed by atoms with Crippen LogP contribution in [0.15, 0.2) is 243 Å². The van der Waals surface area contributed by atoms with Gasteiger partial charge >= 0.3 is 0 Å². The van der Waals surface area contributed by atoms with Gasteiger partial charge in [0.25, 0.3) is 0 Å². The molecule has 0 saturated carbocycles. The zero-order valence-electron chi connectivity index (χ0n) is 39.2. The molecule has 6 heterocycles. The number of nitrogens with zero attached hydrogens (tertiary/aromatic N) is 8. The molecule has 16 rings (SSSR count). The minimum atomic E-state index is 0.542. The van der Waals surface area contributed by atoms with Gasteiger partial charge in [0.1, 0.15) is 11.2 Å². The molecule has 0 aliphatic heterocycles. The van der Waals surface area contributed by atoms with Gasteiger partial charge in [0, 0.05) is 65.7 Å². The van der Waals surface area contributed by atoms with E-state index in [0.29, 0.717) is 17.5 Å². The average Bonchev–Trinajstić information content (AvgIpc) is 4.27. The molecule has 0 fully saturated rings. The van der Waals surface area contributed by atoms with Crippen LogP contribution in [-0.2, 0) is 0 Å². The summed E-state index contributed by atoms with van der Waals surface area (Å²) in [4.78, 5) is 17.1. The lowest BCUT2D eigenvalue weighted by Crippen LogP contribution is -2.07. The third-order valence-corrected chi connectivity index (χ3v) is 14.9. The van der Waals surface area contributed by atoms with Crippen LogP contribution in [0.25, 0.3) is 139 Å². The monoisotopic (exact) mass is 932 g/mol. The first kappa shape index (κ1) is 39.8. The Labute approximate surface area is 417 Å². The van der Waals surface area contributed by atoms with E-state index < -0.39 is 0 Å². The molecule has 0 aliphatic rings. The number of imidazole rings is 1. The molecule has 6 aromatic heterocycles. The molecule has 340 valence electrons. The fourth-order valence-electron chi connectivity index (χ4n) is 12.0. The number of fused-ring (bicyclic) bond motifs is 15.